The number of hydrogen-bond acceptors (Lipinski definition) is 3. The van der Waals surface area contributed by atoms with E-state index in [-0.39, 0.29) is 0 Å². The summed E-state index contributed by atoms with van der Waals surface area (Å²) in [5, 5.41) is 8.58. The maximum atomic E-state index is 8.58. The van der Waals surface area contributed by atoms with Crippen molar-refractivity contribution in [3.05, 3.63) is 0 Å². The van der Waals surface area contributed by atoms with Gasteiger partial charge >= 0.3 is 0 Å². The first-order valence-corrected chi connectivity index (χ1v) is 8.76. The van der Waals surface area contributed by atoms with E-state index in [1.165, 1.54) is 57.1 Å². The van der Waals surface area contributed by atoms with Gasteiger partial charge in [-0.2, -0.15) is 0 Å². The van der Waals surface area contributed by atoms with Crippen molar-refractivity contribution in [3.8, 4) is 0 Å². The van der Waals surface area contributed by atoms with E-state index in [2.05, 4.69) is 6.92 Å². The Kier molecular flexibility index (Phi) is 15.3. The van der Waals surface area contributed by atoms with Crippen molar-refractivity contribution in [1.82, 2.24) is 0 Å². The standard InChI is InChI=1S/C12H26OS2/c1-2-3-4-5-6-7-8-9-11-14-15-12-10-13/h13H,2-12H2,1H3. The van der Waals surface area contributed by atoms with Crippen molar-refractivity contribution in [2.45, 2.75) is 58.3 Å². The van der Waals surface area contributed by atoms with Gasteiger partial charge in [0, 0.05) is 11.5 Å². The zero-order valence-corrected chi connectivity index (χ0v) is 11.7. The highest BCUT2D eigenvalue weighted by atomic mass is 33.1. The van der Waals surface area contributed by atoms with Gasteiger partial charge in [-0.1, -0.05) is 73.5 Å². The van der Waals surface area contributed by atoms with E-state index in [0.29, 0.717) is 6.61 Å². The van der Waals surface area contributed by atoms with E-state index in [0.717, 1.165) is 5.75 Å². The normalized spacial score (nSPS) is 10.8. The van der Waals surface area contributed by atoms with Crippen LogP contribution in [0.2, 0.25) is 0 Å². The monoisotopic (exact) mass is 250 g/mol. The third-order valence-corrected chi connectivity index (χ3v) is 4.81. The van der Waals surface area contributed by atoms with Crippen molar-refractivity contribution >= 4 is 21.6 Å². The quantitative estimate of drug-likeness (QED) is 0.407. The molecule has 0 unspecified atom stereocenters. The van der Waals surface area contributed by atoms with E-state index < -0.39 is 0 Å². The Labute approximate surface area is 103 Å². The largest absolute Gasteiger partial charge is 0.395 e. The highest BCUT2D eigenvalue weighted by Gasteiger charge is 1.92. The second-order valence-electron chi connectivity index (χ2n) is 3.84. The summed E-state index contributed by atoms with van der Waals surface area (Å²) >= 11 is 0. The highest BCUT2D eigenvalue weighted by Crippen LogP contribution is 2.22. The summed E-state index contributed by atoms with van der Waals surface area (Å²) in [6, 6.07) is 0. The molecule has 0 saturated carbocycles. The van der Waals surface area contributed by atoms with Crippen LogP contribution in [0.15, 0.2) is 0 Å². The Morgan fingerprint density at radius 1 is 0.733 bits per heavy atom. The van der Waals surface area contributed by atoms with Crippen LogP contribution in [0.3, 0.4) is 0 Å². The maximum absolute atomic E-state index is 8.58. The van der Waals surface area contributed by atoms with Gasteiger partial charge in [0.2, 0.25) is 0 Å². The average Bonchev–Trinajstić information content (AvgIpc) is 2.26. The Morgan fingerprint density at radius 2 is 1.27 bits per heavy atom. The molecule has 0 aromatic rings. The van der Waals surface area contributed by atoms with Crippen LogP contribution in [0.4, 0.5) is 0 Å². The summed E-state index contributed by atoms with van der Waals surface area (Å²) in [7, 11) is 3.70. The van der Waals surface area contributed by atoms with Gasteiger partial charge in [0.15, 0.2) is 0 Å². The van der Waals surface area contributed by atoms with Crippen LogP contribution in [0.25, 0.3) is 0 Å². The summed E-state index contributed by atoms with van der Waals surface area (Å²) in [5.41, 5.74) is 0. The molecule has 92 valence electrons. The van der Waals surface area contributed by atoms with Crippen molar-refractivity contribution in [1.29, 1.82) is 0 Å². The number of unbranched alkanes of at least 4 members (excludes halogenated alkanes) is 7. The Bertz CT molecular complexity index is 97.8. The van der Waals surface area contributed by atoms with Crippen LogP contribution in [0.1, 0.15) is 58.3 Å². The summed E-state index contributed by atoms with van der Waals surface area (Å²) in [6.07, 6.45) is 11.2. The molecule has 0 fully saturated rings. The molecule has 0 rings (SSSR count). The topological polar surface area (TPSA) is 20.2 Å². The number of aliphatic hydroxyl groups excluding tert-OH is 1. The van der Waals surface area contributed by atoms with Crippen LogP contribution in [0, 0.1) is 0 Å². The number of rotatable bonds is 12. The molecule has 0 radical (unpaired) electrons. The lowest BCUT2D eigenvalue weighted by Crippen LogP contribution is -1.84. The van der Waals surface area contributed by atoms with Gasteiger partial charge in [-0.05, 0) is 6.42 Å². The third-order valence-electron chi connectivity index (χ3n) is 2.34. The minimum atomic E-state index is 0.315. The molecular weight excluding hydrogens is 224 g/mol. The van der Waals surface area contributed by atoms with Gasteiger partial charge in [0.1, 0.15) is 0 Å². The van der Waals surface area contributed by atoms with Crippen LogP contribution >= 0.6 is 21.6 Å². The van der Waals surface area contributed by atoms with Crippen molar-refractivity contribution in [2.24, 2.45) is 0 Å². The molecule has 0 saturated heterocycles. The van der Waals surface area contributed by atoms with Gasteiger partial charge in [-0.3, -0.25) is 0 Å². The summed E-state index contributed by atoms with van der Waals surface area (Å²) < 4.78 is 0. The molecule has 0 bridgehead atoms. The first-order chi connectivity index (χ1) is 7.41. The Morgan fingerprint density at radius 3 is 1.87 bits per heavy atom. The second kappa shape index (κ2) is 14.7. The summed E-state index contributed by atoms with van der Waals surface area (Å²) in [4.78, 5) is 0. The van der Waals surface area contributed by atoms with Gasteiger partial charge in [0.05, 0.1) is 6.61 Å². The number of hydrogen-bond donors (Lipinski definition) is 1. The van der Waals surface area contributed by atoms with E-state index in [9.17, 15) is 0 Å². The van der Waals surface area contributed by atoms with Crippen LogP contribution < -0.4 is 0 Å². The third kappa shape index (κ3) is 14.7. The van der Waals surface area contributed by atoms with Crippen LogP contribution in [-0.2, 0) is 0 Å². The molecule has 0 aromatic heterocycles. The Hall–Kier alpha value is 0.660. The lowest BCUT2D eigenvalue weighted by Gasteiger charge is -2.01. The lowest BCUT2D eigenvalue weighted by molar-refractivity contribution is 0.323. The molecular formula is C12H26OS2. The second-order valence-corrected chi connectivity index (χ2v) is 6.54. The van der Waals surface area contributed by atoms with Crippen molar-refractivity contribution < 1.29 is 5.11 Å². The molecule has 0 atom stereocenters. The fourth-order valence-electron chi connectivity index (χ4n) is 1.45. The molecule has 15 heavy (non-hydrogen) atoms. The minimum Gasteiger partial charge on any atom is -0.395 e. The summed E-state index contributed by atoms with van der Waals surface area (Å²) in [6.45, 7) is 2.58. The van der Waals surface area contributed by atoms with Crippen molar-refractivity contribution in [2.75, 3.05) is 18.1 Å². The molecule has 0 aliphatic rings. The minimum absolute atomic E-state index is 0.315. The van der Waals surface area contributed by atoms with E-state index in [1.807, 2.05) is 10.8 Å². The predicted octanol–water partition coefficient (Wildman–Crippen LogP) is 4.50. The fraction of sp³-hybridized carbons (Fsp3) is 1.00. The number of aliphatic hydroxyl groups is 1. The summed E-state index contributed by atoms with van der Waals surface area (Å²) in [5.74, 6) is 2.13. The van der Waals surface area contributed by atoms with Gasteiger partial charge in [0.25, 0.3) is 0 Å². The van der Waals surface area contributed by atoms with E-state index in [4.69, 9.17) is 5.11 Å². The van der Waals surface area contributed by atoms with Gasteiger partial charge in [-0.15, -0.1) is 0 Å². The van der Waals surface area contributed by atoms with E-state index >= 15 is 0 Å². The molecule has 0 heterocycles. The lowest BCUT2D eigenvalue weighted by atomic mass is 10.1. The maximum Gasteiger partial charge on any atom is 0.0530 e. The molecule has 3 heteroatoms. The zero-order chi connectivity index (χ0) is 11.2. The molecule has 1 N–H and O–H groups in total. The van der Waals surface area contributed by atoms with E-state index in [1.54, 1.807) is 10.8 Å². The Balaban J connectivity index is 2.81. The predicted molar refractivity (Wildman–Crippen MR) is 74.6 cm³/mol. The average molecular weight is 250 g/mol. The van der Waals surface area contributed by atoms with Gasteiger partial charge < -0.3 is 5.11 Å². The molecule has 0 aliphatic carbocycles. The zero-order valence-electron chi connectivity index (χ0n) is 10.0. The fourth-order valence-corrected chi connectivity index (χ4v) is 3.37. The molecule has 0 amide bonds. The van der Waals surface area contributed by atoms with Crippen molar-refractivity contribution in [3.63, 3.8) is 0 Å². The smallest absolute Gasteiger partial charge is 0.0530 e. The first-order valence-electron chi connectivity index (χ1n) is 6.27. The van der Waals surface area contributed by atoms with Crippen LogP contribution in [-0.4, -0.2) is 23.2 Å². The first kappa shape index (κ1) is 15.7. The highest BCUT2D eigenvalue weighted by molar-refractivity contribution is 8.76. The van der Waals surface area contributed by atoms with Gasteiger partial charge in [-0.25, -0.2) is 0 Å². The SMILES string of the molecule is CCCCCCCCCCSSCCO. The molecule has 0 spiro atoms. The molecule has 1 nitrogen and oxygen atoms in total. The molecule has 0 aliphatic heterocycles. The van der Waals surface area contributed by atoms with Crippen LogP contribution in [0.5, 0.6) is 0 Å². The molecule has 0 aromatic carbocycles.